The largest absolute Gasteiger partial charge is 0.673 e. The minimum absolute atomic E-state index is 0.420. The van der Waals surface area contributed by atoms with E-state index in [1.807, 2.05) is 0 Å². The number of halogens is 24. The van der Waals surface area contributed by atoms with Gasteiger partial charge in [-0.25, -0.2) is 0 Å². The molecule has 0 spiro atoms. The molecule has 0 heterocycles. The van der Waals surface area contributed by atoms with E-state index < -0.39 is 50.8 Å². The van der Waals surface area contributed by atoms with Crippen LogP contribution in [-0.4, -0.2) is 68.2 Å². The van der Waals surface area contributed by atoms with Gasteiger partial charge in [0, 0.05) is 7.26 Å². The Bertz CT molecular complexity index is 355. The molecule has 0 aromatic rings. The highest BCUT2D eigenvalue weighted by atomic mass is 31.2. The summed E-state index contributed by atoms with van der Waals surface area (Å²) >= 11 is 0. The van der Waals surface area contributed by atoms with Crippen LogP contribution < -0.4 is 0 Å². The topological polar surface area (TPSA) is 0 Å². The summed E-state index contributed by atoms with van der Waals surface area (Å²) in [6.45, 7) is 9.41. The summed E-state index contributed by atoms with van der Waals surface area (Å²) in [5.74, 6) is 0. The van der Waals surface area contributed by atoms with E-state index in [9.17, 15) is 104 Å². The first-order chi connectivity index (χ1) is 16.2. The first-order valence-electron chi connectivity index (χ1n) is 9.33. The third kappa shape index (κ3) is 370. The zero-order chi connectivity index (χ0) is 34.3. The standard InChI is InChI=1S/C8H20P.6BF4/c1-5-9(6-2,7-3)8-4;6*2-1(3,4)5/h5-8H2,1-4H3;;;;;;/q+1;6*-1. The molecular weight excluding hydrogens is 648 g/mol. The average Bonchev–Trinajstić information content (AvgIpc) is 2.48. The molecule has 0 aliphatic heterocycles. The van der Waals surface area contributed by atoms with Crippen LogP contribution in [-0.2, 0) is 0 Å². The predicted octanol–water partition coefficient (Wildman–Crippen LogP) is 10.9. The predicted molar refractivity (Wildman–Crippen MR) is 110 cm³/mol. The summed E-state index contributed by atoms with van der Waals surface area (Å²) in [7, 11) is -36.4. The molecule has 0 saturated carbocycles. The van der Waals surface area contributed by atoms with E-state index in [1.165, 1.54) is 24.6 Å². The molecule has 0 amide bonds. The van der Waals surface area contributed by atoms with Crippen LogP contribution in [0.15, 0.2) is 0 Å². The van der Waals surface area contributed by atoms with Crippen LogP contribution >= 0.6 is 7.26 Å². The lowest BCUT2D eigenvalue weighted by atomic mass is 10.3. The number of rotatable bonds is 4. The Hall–Kier alpha value is -0.860. The average molecular weight is 668 g/mol. The molecule has 0 atom stereocenters. The van der Waals surface area contributed by atoms with Crippen molar-refractivity contribution in [2.75, 3.05) is 24.6 Å². The van der Waals surface area contributed by atoms with Gasteiger partial charge in [0.05, 0.1) is 24.6 Å². The minimum Gasteiger partial charge on any atom is -0.418 e. The normalized spacial score (nSPS) is 12.0. The van der Waals surface area contributed by atoms with Gasteiger partial charge in [0.1, 0.15) is 0 Å². The highest BCUT2D eigenvalue weighted by molar-refractivity contribution is 7.75. The highest BCUT2D eigenvalue weighted by Gasteiger charge is 2.27. The molecule has 0 aliphatic rings. The van der Waals surface area contributed by atoms with E-state index in [0.717, 1.165) is 0 Å². The third-order valence-electron chi connectivity index (χ3n) is 2.68. The molecule has 248 valence electrons. The molecule has 0 aromatic heterocycles. The van der Waals surface area contributed by atoms with Gasteiger partial charge in [-0.15, -0.1) is 0 Å². The Labute approximate surface area is 208 Å². The van der Waals surface area contributed by atoms with Gasteiger partial charge in [0.25, 0.3) is 0 Å². The first kappa shape index (κ1) is 54.3. The van der Waals surface area contributed by atoms with Crippen molar-refractivity contribution in [2.24, 2.45) is 0 Å². The summed E-state index contributed by atoms with van der Waals surface area (Å²) in [5.41, 5.74) is 0. The van der Waals surface area contributed by atoms with Crippen molar-refractivity contribution >= 4 is 50.8 Å². The van der Waals surface area contributed by atoms with Crippen molar-refractivity contribution in [3.8, 4) is 0 Å². The Kier molecular flexibility index (Phi) is 33.1. The fourth-order valence-electron chi connectivity index (χ4n) is 1.34. The molecule has 0 unspecified atom stereocenters. The van der Waals surface area contributed by atoms with Gasteiger partial charge in [-0.1, -0.05) is 0 Å². The van der Waals surface area contributed by atoms with Crippen molar-refractivity contribution in [3.63, 3.8) is 0 Å². The van der Waals surface area contributed by atoms with Gasteiger partial charge < -0.3 is 104 Å². The SMILES string of the molecule is CC[P+](CC)(CC)CC.F[B-](F)(F)F.F[B-](F)(F)F.F[B-](F)(F)F.F[B-](F)(F)F.F[B-](F)(F)F.F[B-](F)(F)F. The number of hydrogen-bond acceptors (Lipinski definition) is 0. The van der Waals surface area contributed by atoms with E-state index >= 15 is 0 Å². The van der Waals surface area contributed by atoms with E-state index in [0.29, 0.717) is 0 Å². The van der Waals surface area contributed by atoms with Crippen LogP contribution in [0.5, 0.6) is 0 Å². The van der Waals surface area contributed by atoms with Crippen molar-refractivity contribution in [2.45, 2.75) is 27.7 Å². The second-order valence-corrected chi connectivity index (χ2v) is 10.8. The van der Waals surface area contributed by atoms with E-state index in [4.69, 9.17) is 0 Å². The van der Waals surface area contributed by atoms with E-state index in [-0.39, 0.29) is 0 Å². The van der Waals surface area contributed by atoms with E-state index in [1.54, 1.807) is 0 Å². The van der Waals surface area contributed by atoms with Gasteiger partial charge in [-0.05, 0) is 27.7 Å². The quantitative estimate of drug-likeness (QED) is 0.159. The monoisotopic (exact) mass is 669 g/mol. The molecule has 31 heteroatoms. The lowest BCUT2D eigenvalue weighted by Crippen LogP contribution is -2.04. The van der Waals surface area contributed by atoms with Gasteiger partial charge >= 0.3 is 43.5 Å². The van der Waals surface area contributed by atoms with Gasteiger partial charge in [-0.3, -0.25) is 0 Å². The molecule has 0 bridgehead atoms. The van der Waals surface area contributed by atoms with Crippen LogP contribution in [0.1, 0.15) is 27.7 Å². The van der Waals surface area contributed by atoms with Crippen LogP contribution in [0.25, 0.3) is 0 Å². The summed E-state index contributed by atoms with van der Waals surface area (Å²) in [4.78, 5) is 0. The third-order valence-corrected chi connectivity index (χ3v) is 8.05. The van der Waals surface area contributed by atoms with Gasteiger partial charge in [-0.2, -0.15) is 0 Å². The second kappa shape index (κ2) is 23.8. The maximum Gasteiger partial charge on any atom is 0.673 e. The van der Waals surface area contributed by atoms with Crippen molar-refractivity contribution in [1.82, 2.24) is 0 Å². The van der Waals surface area contributed by atoms with Crippen molar-refractivity contribution in [1.29, 1.82) is 0 Å². The van der Waals surface area contributed by atoms with Crippen molar-refractivity contribution in [3.05, 3.63) is 0 Å². The lowest BCUT2D eigenvalue weighted by Gasteiger charge is -2.20. The molecule has 0 aromatic carbocycles. The smallest absolute Gasteiger partial charge is 0.418 e. The summed E-state index contributed by atoms with van der Waals surface area (Å²) in [6.07, 6.45) is 5.82. The van der Waals surface area contributed by atoms with Crippen LogP contribution in [0.2, 0.25) is 0 Å². The molecular formula is C8H20B6F24P-5. The number of hydrogen-bond donors (Lipinski definition) is 0. The fourth-order valence-corrected chi connectivity index (χ4v) is 4.02. The van der Waals surface area contributed by atoms with E-state index in [2.05, 4.69) is 27.7 Å². The Balaban J connectivity index is -0.0000000622. The molecule has 0 aliphatic carbocycles. The maximum atomic E-state index is 9.75. The van der Waals surface area contributed by atoms with Crippen LogP contribution in [0, 0.1) is 0 Å². The zero-order valence-corrected chi connectivity index (χ0v) is 20.7. The van der Waals surface area contributed by atoms with Crippen molar-refractivity contribution < 1.29 is 104 Å². The summed E-state index contributed by atoms with van der Waals surface area (Å²) in [6, 6.07) is 0. The lowest BCUT2D eigenvalue weighted by molar-refractivity contribution is 0.366. The van der Waals surface area contributed by atoms with Gasteiger partial charge in [0.2, 0.25) is 0 Å². The Morgan fingerprint density at radius 3 is 0.308 bits per heavy atom. The fraction of sp³-hybridized carbons (Fsp3) is 1.00. The molecule has 0 nitrogen and oxygen atoms in total. The molecule has 0 radical (unpaired) electrons. The molecule has 0 fully saturated rings. The molecule has 0 rings (SSSR count). The Morgan fingerprint density at radius 2 is 0.308 bits per heavy atom. The minimum atomic E-state index is -6.00. The molecule has 0 N–H and O–H groups in total. The molecule has 0 saturated heterocycles. The Morgan fingerprint density at radius 1 is 0.256 bits per heavy atom. The summed E-state index contributed by atoms with van der Waals surface area (Å²) in [5, 5.41) is 0. The molecule has 39 heavy (non-hydrogen) atoms. The first-order valence-corrected chi connectivity index (χ1v) is 11.9. The van der Waals surface area contributed by atoms with Gasteiger partial charge in [0.15, 0.2) is 0 Å². The highest BCUT2D eigenvalue weighted by Crippen LogP contribution is 2.57. The van der Waals surface area contributed by atoms with Crippen LogP contribution in [0.4, 0.5) is 104 Å². The zero-order valence-electron chi connectivity index (χ0n) is 19.8. The summed E-state index contributed by atoms with van der Waals surface area (Å²) < 4.78 is 234. The van der Waals surface area contributed by atoms with Crippen LogP contribution in [0.3, 0.4) is 0 Å². The second-order valence-electron chi connectivity index (χ2n) is 5.58. The maximum absolute atomic E-state index is 9.75.